The number of hydrogen-bond donors (Lipinski definition) is 1. The van der Waals surface area contributed by atoms with Gasteiger partial charge in [-0.1, -0.05) is 17.7 Å². The minimum Gasteiger partial charge on any atom is -0.371 e. The van der Waals surface area contributed by atoms with Gasteiger partial charge in [0, 0.05) is 99.9 Å². The normalized spacial score (nSPS) is 23.6. The van der Waals surface area contributed by atoms with Crippen molar-refractivity contribution < 1.29 is 24.0 Å². The van der Waals surface area contributed by atoms with Crippen molar-refractivity contribution in [2.75, 3.05) is 80.1 Å². The predicted octanol–water partition coefficient (Wildman–Crippen LogP) is 5.25. The number of rotatable bonds is 7. The Bertz CT molecular complexity index is 2250. The number of piperidine rings is 3. The van der Waals surface area contributed by atoms with E-state index in [9.17, 15) is 24.0 Å². The van der Waals surface area contributed by atoms with E-state index in [1.165, 1.54) is 0 Å². The van der Waals surface area contributed by atoms with Crippen LogP contribution in [0.5, 0.6) is 0 Å². The van der Waals surface area contributed by atoms with Crippen molar-refractivity contribution in [2.45, 2.75) is 64.0 Å². The highest BCUT2D eigenvalue weighted by Crippen LogP contribution is 2.46. The number of aromatic nitrogens is 1. The van der Waals surface area contributed by atoms with Crippen molar-refractivity contribution in [3.05, 3.63) is 88.0 Å². The van der Waals surface area contributed by atoms with Gasteiger partial charge in [0.2, 0.25) is 17.5 Å². The third-order valence-electron chi connectivity index (χ3n) is 13.9. The monoisotopic (exact) mass is 831 g/mol. The number of fused-ring (bicyclic) bond motifs is 1. The summed E-state index contributed by atoms with van der Waals surface area (Å²) in [5, 5.41) is 2.74. The second-order valence-corrected chi connectivity index (χ2v) is 17.9. The van der Waals surface area contributed by atoms with E-state index in [-0.39, 0.29) is 35.4 Å². The highest BCUT2D eigenvalue weighted by atomic mass is 35.5. The van der Waals surface area contributed by atoms with Gasteiger partial charge in [0.25, 0.3) is 17.7 Å². The van der Waals surface area contributed by atoms with Crippen molar-refractivity contribution in [1.29, 1.82) is 0 Å². The van der Waals surface area contributed by atoms with E-state index in [0.29, 0.717) is 35.8 Å². The standard InChI is InChI=1S/C45H50ClN9O5/c1-29-25-45(28-54(29)33-7-8-37(47-2)36(46)24-33)13-17-52(18-14-45)32-5-3-31(4-6-32)42(58)53-21-19-50(20-22-53)27-30-11-15-51(16-12-30)34-23-35-40(48-26-34)44(60)55(43(35)59)38-9-10-39(56)49-41(38)57/h3-8,23-24,26,29-30,38H,9-22,25,27-28H2,1H3,(H,49,56,57)/t29-,38?/m0/s1. The van der Waals surface area contributed by atoms with Crippen molar-refractivity contribution in [3.8, 4) is 0 Å². The van der Waals surface area contributed by atoms with Crippen LogP contribution in [0.1, 0.15) is 83.1 Å². The number of anilines is 3. The number of hydrogen-bond acceptors (Lipinski definition) is 10. The van der Waals surface area contributed by atoms with Crippen molar-refractivity contribution in [1.82, 2.24) is 25.0 Å². The minimum absolute atomic E-state index is 0.0467. The average molecular weight is 832 g/mol. The number of halogens is 1. The molecule has 1 unspecified atom stereocenters. The van der Waals surface area contributed by atoms with Crippen LogP contribution in [0.15, 0.2) is 54.7 Å². The molecule has 0 aliphatic carbocycles. The zero-order valence-electron chi connectivity index (χ0n) is 33.9. The minimum atomic E-state index is -1.01. The number of amides is 5. The van der Waals surface area contributed by atoms with Gasteiger partial charge >= 0.3 is 0 Å². The fourth-order valence-electron chi connectivity index (χ4n) is 10.4. The molecule has 3 aromatic rings. The van der Waals surface area contributed by atoms with Gasteiger partial charge in [0.15, 0.2) is 0 Å². The van der Waals surface area contributed by atoms with Gasteiger partial charge < -0.3 is 19.6 Å². The van der Waals surface area contributed by atoms with Crippen molar-refractivity contribution >= 4 is 63.9 Å². The molecule has 0 bridgehead atoms. The molecule has 5 fully saturated rings. The maximum absolute atomic E-state index is 13.6. The lowest BCUT2D eigenvalue weighted by molar-refractivity contribution is -0.136. The molecule has 2 atom stereocenters. The van der Waals surface area contributed by atoms with Crippen LogP contribution in [-0.4, -0.2) is 127 Å². The maximum Gasteiger partial charge on any atom is 0.280 e. The number of nitrogens with zero attached hydrogens (tertiary/aromatic N) is 8. The first-order chi connectivity index (χ1) is 29.0. The van der Waals surface area contributed by atoms with E-state index in [4.69, 9.17) is 18.2 Å². The van der Waals surface area contributed by atoms with Crippen molar-refractivity contribution in [3.63, 3.8) is 0 Å². The van der Waals surface area contributed by atoms with E-state index in [1.807, 2.05) is 35.2 Å². The number of carbonyl (C=O) groups is 5. The lowest BCUT2D eigenvalue weighted by atomic mass is 9.76. The summed E-state index contributed by atoms with van der Waals surface area (Å²) in [5.74, 6) is -1.59. The predicted molar refractivity (Wildman–Crippen MR) is 228 cm³/mol. The van der Waals surface area contributed by atoms with Crippen LogP contribution in [0.3, 0.4) is 0 Å². The van der Waals surface area contributed by atoms with E-state index < -0.39 is 29.7 Å². The average Bonchev–Trinajstić information content (AvgIpc) is 3.71. The Morgan fingerprint density at radius 1 is 0.867 bits per heavy atom. The molecule has 6 aliphatic heterocycles. The van der Waals surface area contributed by atoms with Crippen LogP contribution in [0.4, 0.5) is 22.7 Å². The number of carbonyl (C=O) groups excluding carboxylic acids is 5. The molecule has 9 rings (SSSR count). The van der Waals surface area contributed by atoms with Gasteiger partial charge in [-0.3, -0.25) is 39.1 Å². The molecule has 14 nitrogen and oxygen atoms in total. The summed E-state index contributed by atoms with van der Waals surface area (Å²) in [7, 11) is 0. The van der Waals surface area contributed by atoms with Crippen LogP contribution in [0.25, 0.3) is 4.85 Å². The van der Waals surface area contributed by atoms with Crippen molar-refractivity contribution in [2.24, 2.45) is 11.3 Å². The molecular weight excluding hydrogens is 782 g/mol. The van der Waals surface area contributed by atoms with Crippen LogP contribution in [0, 0.1) is 17.9 Å². The Kier molecular flexibility index (Phi) is 10.7. The van der Waals surface area contributed by atoms with Crippen LogP contribution >= 0.6 is 11.6 Å². The second-order valence-electron chi connectivity index (χ2n) is 17.5. The molecule has 2 aromatic carbocycles. The Balaban J connectivity index is 0.717. The summed E-state index contributed by atoms with van der Waals surface area (Å²) >= 11 is 6.39. The Morgan fingerprint density at radius 3 is 2.25 bits per heavy atom. The number of piperazine rings is 1. The molecule has 1 spiro atoms. The summed E-state index contributed by atoms with van der Waals surface area (Å²) in [6.45, 7) is 18.2. The molecule has 0 radical (unpaired) electrons. The van der Waals surface area contributed by atoms with Gasteiger partial charge in [-0.2, -0.15) is 0 Å². The molecule has 15 heteroatoms. The molecule has 60 heavy (non-hydrogen) atoms. The number of benzene rings is 2. The molecule has 7 heterocycles. The zero-order valence-corrected chi connectivity index (χ0v) is 34.7. The largest absolute Gasteiger partial charge is 0.371 e. The summed E-state index contributed by atoms with van der Waals surface area (Å²) in [6, 6.07) is 15.1. The van der Waals surface area contributed by atoms with E-state index in [2.05, 4.69) is 53.8 Å². The first-order valence-corrected chi connectivity index (χ1v) is 21.6. The zero-order chi connectivity index (χ0) is 41.7. The number of pyridine rings is 1. The maximum atomic E-state index is 13.6. The molecule has 6 aliphatic rings. The molecule has 5 amide bonds. The molecule has 1 N–H and O–H groups in total. The topological polar surface area (TPSA) is 134 Å². The Hall–Kier alpha value is -5.52. The first-order valence-electron chi connectivity index (χ1n) is 21.3. The fourth-order valence-corrected chi connectivity index (χ4v) is 10.6. The van der Waals surface area contributed by atoms with Crippen LogP contribution in [0.2, 0.25) is 5.02 Å². The Labute approximate surface area is 355 Å². The van der Waals surface area contributed by atoms with Gasteiger partial charge in [-0.25, -0.2) is 9.83 Å². The van der Waals surface area contributed by atoms with E-state index in [0.717, 1.165) is 112 Å². The van der Waals surface area contributed by atoms with E-state index in [1.54, 1.807) is 12.3 Å². The van der Waals surface area contributed by atoms with E-state index >= 15 is 0 Å². The third-order valence-corrected chi connectivity index (χ3v) is 14.2. The summed E-state index contributed by atoms with van der Waals surface area (Å²) in [6.07, 6.45) is 7.12. The van der Waals surface area contributed by atoms with Crippen LogP contribution < -0.4 is 20.0 Å². The summed E-state index contributed by atoms with van der Waals surface area (Å²) in [5.41, 5.74) is 4.76. The third kappa shape index (κ3) is 7.58. The van der Waals surface area contributed by atoms with Gasteiger partial charge in [0.1, 0.15) is 11.7 Å². The first kappa shape index (κ1) is 39.9. The highest BCUT2D eigenvalue weighted by molar-refractivity contribution is 6.33. The van der Waals surface area contributed by atoms with Gasteiger partial charge in [-0.05, 0) is 99.2 Å². The molecule has 5 saturated heterocycles. The summed E-state index contributed by atoms with van der Waals surface area (Å²) in [4.78, 5) is 84.4. The molecular formula is C45H50ClN9O5. The number of nitrogens with one attached hydrogen (secondary N) is 1. The van der Waals surface area contributed by atoms with Crippen LogP contribution in [-0.2, 0) is 9.59 Å². The quantitative estimate of drug-likeness (QED) is 0.249. The smallest absolute Gasteiger partial charge is 0.280 e. The molecule has 0 saturated carbocycles. The van der Waals surface area contributed by atoms with Gasteiger partial charge in [0.05, 0.1) is 24.0 Å². The Morgan fingerprint density at radius 2 is 1.57 bits per heavy atom. The van der Waals surface area contributed by atoms with Gasteiger partial charge in [-0.15, -0.1) is 0 Å². The SMILES string of the molecule is [C-]#[N+]c1ccc(N2CC3(CCN(c4ccc(C(=O)N5CCN(CC6CCN(c7cnc8c(c7)C(=O)N(C7CCC(=O)NC7=O)C8=O)CC6)CC5)cc4)CC3)C[C@@H]2C)cc1Cl. The highest BCUT2D eigenvalue weighted by Gasteiger charge is 2.46. The number of imide groups is 2. The lowest BCUT2D eigenvalue weighted by Gasteiger charge is -2.40. The molecule has 312 valence electrons. The fraction of sp³-hybridized carbons (Fsp3) is 0.489. The lowest BCUT2D eigenvalue weighted by Crippen LogP contribution is -2.54. The molecule has 1 aromatic heterocycles. The summed E-state index contributed by atoms with van der Waals surface area (Å²) < 4.78 is 0. The second kappa shape index (κ2) is 16.2.